The zero-order valence-corrected chi connectivity index (χ0v) is 8.34. The molecule has 2 aliphatic rings. The molecule has 0 amide bonds. The molecule has 0 aromatic carbocycles. The van der Waals surface area contributed by atoms with Crippen LogP contribution in [0.25, 0.3) is 0 Å². The predicted octanol–water partition coefficient (Wildman–Crippen LogP) is 1.24. The lowest BCUT2D eigenvalue weighted by Crippen LogP contribution is -2.50. The van der Waals surface area contributed by atoms with Crippen molar-refractivity contribution in [2.24, 2.45) is 16.6 Å². The summed E-state index contributed by atoms with van der Waals surface area (Å²) in [7, 11) is 0. The molecule has 0 saturated heterocycles. The van der Waals surface area contributed by atoms with Crippen LogP contribution in [0.2, 0.25) is 0 Å². The third-order valence-corrected chi connectivity index (χ3v) is 3.58. The van der Waals surface area contributed by atoms with E-state index in [4.69, 9.17) is 5.73 Å². The summed E-state index contributed by atoms with van der Waals surface area (Å²) >= 11 is 0. The molecule has 0 aromatic heterocycles. The Morgan fingerprint density at radius 3 is 2.69 bits per heavy atom. The summed E-state index contributed by atoms with van der Waals surface area (Å²) in [4.78, 5) is 4.25. The van der Waals surface area contributed by atoms with Gasteiger partial charge in [-0.05, 0) is 31.6 Å². The van der Waals surface area contributed by atoms with E-state index in [1.807, 2.05) is 0 Å². The Morgan fingerprint density at radius 1 is 1.54 bits per heavy atom. The van der Waals surface area contributed by atoms with Crippen molar-refractivity contribution in [3.05, 3.63) is 0 Å². The summed E-state index contributed by atoms with van der Waals surface area (Å²) in [6.07, 6.45) is 6.50. The summed E-state index contributed by atoms with van der Waals surface area (Å²) in [5.74, 6) is 1.59. The van der Waals surface area contributed by atoms with Crippen LogP contribution in [0.5, 0.6) is 0 Å². The van der Waals surface area contributed by atoms with Crippen molar-refractivity contribution in [1.29, 1.82) is 0 Å². The van der Waals surface area contributed by atoms with E-state index in [0.717, 1.165) is 12.5 Å². The lowest BCUT2D eigenvalue weighted by molar-refractivity contribution is 0.224. The maximum Gasteiger partial charge on any atom is 0.189 e. The van der Waals surface area contributed by atoms with Crippen LogP contribution in [0.4, 0.5) is 0 Å². The lowest BCUT2D eigenvalue weighted by atomic mass is 9.76. The Hall–Kier alpha value is -0.730. The first-order valence-corrected chi connectivity index (χ1v) is 5.32. The number of nitrogens with two attached hydrogens (primary N) is 1. The van der Waals surface area contributed by atoms with Crippen LogP contribution >= 0.6 is 0 Å². The van der Waals surface area contributed by atoms with Gasteiger partial charge in [-0.2, -0.15) is 0 Å². The number of hydrogen-bond donors (Lipinski definition) is 2. The van der Waals surface area contributed by atoms with E-state index in [2.05, 4.69) is 17.2 Å². The van der Waals surface area contributed by atoms with Crippen LogP contribution in [0.1, 0.15) is 39.0 Å². The summed E-state index contributed by atoms with van der Waals surface area (Å²) in [6, 6.07) is 0. The smallest absolute Gasteiger partial charge is 0.189 e. The average molecular weight is 181 g/mol. The van der Waals surface area contributed by atoms with E-state index in [0.29, 0.717) is 5.96 Å². The first-order valence-electron chi connectivity index (χ1n) is 5.32. The molecule has 3 nitrogen and oxygen atoms in total. The van der Waals surface area contributed by atoms with Crippen molar-refractivity contribution in [2.45, 2.75) is 44.6 Å². The highest BCUT2D eigenvalue weighted by atomic mass is 15.2. The summed E-state index contributed by atoms with van der Waals surface area (Å²) < 4.78 is 0. The molecule has 0 unspecified atom stereocenters. The van der Waals surface area contributed by atoms with Gasteiger partial charge in [0.05, 0.1) is 12.1 Å². The minimum atomic E-state index is 0.246. The molecule has 3 N–H and O–H groups in total. The fourth-order valence-electron chi connectivity index (χ4n) is 2.51. The first kappa shape index (κ1) is 8.85. The molecule has 1 aliphatic heterocycles. The van der Waals surface area contributed by atoms with Gasteiger partial charge in [-0.25, -0.2) is 0 Å². The zero-order chi connectivity index (χ0) is 9.31. The minimum absolute atomic E-state index is 0.246. The number of aliphatic imine (C=N–C) groups is 1. The van der Waals surface area contributed by atoms with Crippen LogP contribution in [0.15, 0.2) is 4.99 Å². The largest absolute Gasteiger partial charge is 0.370 e. The standard InChI is InChI=1S/C10H19N3/c1-2-8-3-5-10(6-4-8)7-12-9(11)13-10/h8H,2-7H2,1H3,(H3,11,12,13). The molecule has 0 aromatic rings. The van der Waals surface area contributed by atoms with Gasteiger partial charge in [0.1, 0.15) is 0 Å². The van der Waals surface area contributed by atoms with Crippen LogP contribution in [-0.4, -0.2) is 18.0 Å². The van der Waals surface area contributed by atoms with Gasteiger partial charge >= 0.3 is 0 Å². The van der Waals surface area contributed by atoms with Gasteiger partial charge in [-0.3, -0.25) is 4.99 Å². The Morgan fingerprint density at radius 2 is 2.23 bits per heavy atom. The molecule has 74 valence electrons. The highest BCUT2D eigenvalue weighted by Crippen LogP contribution is 2.35. The van der Waals surface area contributed by atoms with Gasteiger partial charge in [0, 0.05) is 0 Å². The summed E-state index contributed by atoms with van der Waals surface area (Å²) in [5, 5.41) is 3.34. The maximum absolute atomic E-state index is 5.65. The molecule has 1 spiro atoms. The van der Waals surface area contributed by atoms with Gasteiger partial charge in [0.15, 0.2) is 5.96 Å². The molecular weight excluding hydrogens is 162 g/mol. The van der Waals surface area contributed by atoms with E-state index in [9.17, 15) is 0 Å². The van der Waals surface area contributed by atoms with Crippen molar-refractivity contribution in [3.63, 3.8) is 0 Å². The lowest BCUT2D eigenvalue weighted by Gasteiger charge is -2.36. The normalized spacial score (nSPS) is 38.8. The molecule has 2 rings (SSSR count). The number of rotatable bonds is 1. The minimum Gasteiger partial charge on any atom is -0.370 e. The monoisotopic (exact) mass is 181 g/mol. The Bertz CT molecular complexity index is 214. The molecule has 3 heteroatoms. The van der Waals surface area contributed by atoms with Crippen molar-refractivity contribution in [1.82, 2.24) is 5.32 Å². The van der Waals surface area contributed by atoms with Crippen LogP contribution in [0, 0.1) is 5.92 Å². The van der Waals surface area contributed by atoms with Crippen molar-refractivity contribution >= 4 is 5.96 Å². The van der Waals surface area contributed by atoms with Crippen LogP contribution in [-0.2, 0) is 0 Å². The van der Waals surface area contributed by atoms with E-state index in [-0.39, 0.29) is 5.54 Å². The molecular formula is C10H19N3. The number of nitrogens with zero attached hydrogens (tertiary/aromatic N) is 1. The molecule has 1 heterocycles. The zero-order valence-electron chi connectivity index (χ0n) is 8.34. The second-order valence-electron chi connectivity index (χ2n) is 4.46. The Balaban J connectivity index is 1.91. The number of hydrogen-bond acceptors (Lipinski definition) is 3. The SMILES string of the molecule is CCC1CCC2(CC1)CN=C(N)N2. The van der Waals surface area contributed by atoms with Crippen LogP contribution < -0.4 is 11.1 Å². The Labute approximate surface area is 79.8 Å². The van der Waals surface area contributed by atoms with E-state index < -0.39 is 0 Å². The third kappa shape index (κ3) is 1.64. The highest BCUT2D eigenvalue weighted by molar-refractivity contribution is 5.80. The molecule has 0 atom stereocenters. The predicted molar refractivity (Wildman–Crippen MR) is 54.6 cm³/mol. The van der Waals surface area contributed by atoms with Crippen LogP contribution in [0.3, 0.4) is 0 Å². The molecule has 1 aliphatic carbocycles. The second-order valence-corrected chi connectivity index (χ2v) is 4.46. The van der Waals surface area contributed by atoms with Gasteiger partial charge < -0.3 is 11.1 Å². The summed E-state index contributed by atoms with van der Waals surface area (Å²) in [6.45, 7) is 3.19. The first-order chi connectivity index (χ1) is 6.24. The number of nitrogens with one attached hydrogen (secondary N) is 1. The van der Waals surface area contributed by atoms with Gasteiger partial charge in [0.2, 0.25) is 0 Å². The molecule has 1 saturated carbocycles. The highest BCUT2D eigenvalue weighted by Gasteiger charge is 2.37. The van der Waals surface area contributed by atoms with E-state index >= 15 is 0 Å². The van der Waals surface area contributed by atoms with Gasteiger partial charge in [0.25, 0.3) is 0 Å². The fraction of sp³-hybridized carbons (Fsp3) is 0.900. The van der Waals surface area contributed by atoms with Crippen molar-refractivity contribution in [3.8, 4) is 0 Å². The summed E-state index contributed by atoms with van der Waals surface area (Å²) in [5.41, 5.74) is 5.89. The average Bonchev–Trinajstić information content (AvgIpc) is 2.49. The third-order valence-electron chi connectivity index (χ3n) is 3.58. The van der Waals surface area contributed by atoms with Crippen molar-refractivity contribution < 1.29 is 0 Å². The quantitative estimate of drug-likeness (QED) is 0.639. The molecule has 1 fully saturated rings. The molecule has 0 radical (unpaired) electrons. The van der Waals surface area contributed by atoms with E-state index in [1.54, 1.807) is 0 Å². The number of guanidine groups is 1. The Kier molecular flexibility index (Phi) is 2.18. The molecule has 0 bridgehead atoms. The molecule has 13 heavy (non-hydrogen) atoms. The van der Waals surface area contributed by atoms with E-state index in [1.165, 1.54) is 32.1 Å². The van der Waals surface area contributed by atoms with Crippen molar-refractivity contribution in [2.75, 3.05) is 6.54 Å². The van der Waals surface area contributed by atoms with Gasteiger partial charge in [-0.1, -0.05) is 13.3 Å². The fourth-order valence-corrected chi connectivity index (χ4v) is 2.51. The maximum atomic E-state index is 5.65. The topological polar surface area (TPSA) is 50.4 Å². The van der Waals surface area contributed by atoms with Gasteiger partial charge in [-0.15, -0.1) is 0 Å². The second kappa shape index (κ2) is 3.20.